The van der Waals surface area contributed by atoms with E-state index in [-0.39, 0.29) is 16.8 Å². The molecule has 26 heavy (non-hydrogen) atoms. The summed E-state index contributed by atoms with van der Waals surface area (Å²) in [6.45, 7) is 1.72. The predicted octanol–water partition coefficient (Wildman–Crippen LogP) is 4.30. The minimum Gasteiger partial charge on any atom is -0.488 e. The summed E-state index contributed by atoms with van der Waals surface area (Å²) in [5.41, 5.74) is 6.87. The van der Waals surface area contributed by atoms with Crippen molar-refractivity contribution >= 4 is 40.7 Å². The smallest absolute Gasteiger partial charge is 0.273 e. The summed E-state index contributed by atoms with van der Waals surface area (Å²) in [6.07, 6.45) is 4.12. The number of primary amides is 1. The van der Waals surface area contributed by atoms with Gasteiger partial charge in [-0.25, -0.2) is 0 Å². The van der Waals surface area contributed by atoms with Gasteiger partial charge in [-0.2, -0.15) is 0 Å². The molecule has 138 valence electrons. The first kappa shape index (κ1) is 18.6. The minimum absolute atomic E-state index is 0.0551. The number of carbonyl (C=O) groups is 2. The molecule has 1 aromatic carbocycles. The Morgan fingerprint density at radius 2 is 1.92 bits per heavy atom. The van der Waals surface area contributed by atoms with Crippen LogP contribution in [0.5, 0.6) is 5.75 Å². The summed E-state index contributed by atoms with van der Waals surface area (Å²) >= 11 is 12.1. The zero-order valence-electron chi connectivity index (χ0n) is 14.2. The maximum absolute atomic E-state index is 12.6. The monoisotopic (exact) mass is 395 g/mol. The van der Waals surface area contributed by atoms with E-state index in [0.29, 0.717) is 27.7 Å². The quantitative estimate of drug-likeness (QED) is 0.703. The van der Waals surface area contributed by atoms with Crippen LogP contribution >= 0.6 is 23.2 Å². The molecule has 1 aliphatic rings. The second-order valence-corrected chi connectivity index (χ2v) is 7.06. The van der Waals surface area contributed by atoms with Gasteiger partial charge in [0.05, 0.1) is 21.8 Å². The number of H-pyrrole nitrogens is 1. The lowest BCUT2D eigenvalue weighted by atomic mass is 10.1. The molecule has 0 unspecified atom stereocenters. The molecule has 6 nitrogen and oxygen atoms in total. The first-order valence-corrected chi connectivity index (χ1v) is 9.08. The zero-order valence-corrected chi connectivity index (χ0v) is 15.7. The van der Waals surface area contributed by atoms with Crippen LogP contribution in [-0.2, 0) is 0 Å². The van der Waals surface area contributed by atoms with Crippen LogP contribution in [0.3, 0.4) is 0 Å². The van der Waals surface area contributed by atoms with E-state index >= 15 is 0 Å². The van der Waals surface area contributed by atoms with Gasteiger partial charge < -0.3 is 20.8 Å². The van der Waals surface area contributed by atoms with Gasteiger partial charge in [-0.05, 0) is 50.8 Å². The van der Waals surface area contributed by atoms with E-state index in [1.54, 1.807) is 19.1 Å². The molecule has 0 radical (unpaired) electrons. The van der Waals surface area contributed by atoms with Gasteiger partial charge >= 0.3 is 0 Å². The minimum atomic E-state index is -0.561. The second kappa shape index (κ2) is 7.60. The molecule has 3 rings (SSSR count). The number of aromatic amines is 1. The molecule has 1 saturated carbocycles. The number of anilines is 1. The molecule has 4 N–H and O–H groups in total. The first-order valence-electron chi connectivity index (χ1n) is 8.32. The van der Waals surface area contributed by atoms with Crippen molar-refractivity contribution in [3.8, 4) is 5.75 Å². The number of nitrogens with two attached hydrogens (primary N) is 1. The van der Waals surface area contributed by atoms with Gasteiger partial charge in [0.2, 0.25) is 5.91 Å². The highest BCUT2D eigenvalue weighted by Gasteiger charge is 2.22. The Morgan fingerprint density at radius 1 is 1.23 bits per heavy atom. The van der Waals surface area contributed by atoms with E-state index in [4.69, 9.17) is 33.7 Å². The molecule has 0 aliphatic heterocycles. The average molecular weight is 396 g/mol. The molecule has 1 fully saturated rings. The molecule has 1 aliphatic carbocycles. The SMILES string of the molecule is Cc1[nH]c(C(=O)Nc2ccc(C(N)=O)cc2OC2CCCC2)c(Cl)c1Cl. The maximum atomic E-state index is 12.6. The lowest BCUT2D eigenvalue weighted by Crippen LogP contribution is -2.18. The fourth-order valence-corrected chi connectivity index (χ4v) is 3.39. The van der Waals surface area contributed by atoms with Crippen LogP contribution in [0.2, 0.25) is 10.0 Å². The molecule has 0 spiro atoms. The number of aryl methyl sites for hydroxylation is 1. The van der Waals surface area contributed by atoms with Gasteiger partial charge in [-0.15, -0.1) is 0 Å². The Hall–Kier alpha value is -2.18. The number of carbonyl (C=O) groups excluding carboxylic acids is 2. The number of aromatic nitrogens is 1. The van der Waals surface area contributed by atoms with Crippen LogP contribution in [0, 0.1) is 6.92 Å². The number of benzene rings is 1. The maximum Gasteiger partial charge on any atom is 0.273 e. The molecule has 0 atom stereocenters. The van der Waals surface area contributed by atoms with E-state index < -0.39 is 11.8 Å². The van der Waals surface area contributed by atoms with Crippen LogP contribution < -0.4 is 15.8 Å². The summed E-state index contributed by atoms with van der Waals surface area (Å²) in [5.74, 6) is -0.603. The fourth-order valence-electron chi connectivity index (χ4n) is 2.98. The number of rotatable bonds is 5. The van der Waals surface area contributed by atoms with E-state index in [0.717, 1.165) is 25.7 Å². The van der Waals surface area contributed by atoms with E-state index in [2.05, 4.69) is 10.3 Å². The summed E-state index contributed by atoms with van der Waals surface area (Å²) in [5, 5.41) is 3.23. The summed E-state index contributed by atoms with van der Waals surface area (Å²) in [7, 11) is 0. The van der Waals surface area contributed by atoms with Gasteiger partial charge in [0, 0.05) is 11.3 Å². The highest BCUT2D eigenvalue weighted by atomic mass is 35.5. The summed E-state index contributed by atoms with van der Waals surface area (Å²) in [4.78, 5) is 26.9. The standard InChI is InChI=1S/C18H19Cl2N3O3/c1-9-14(19)15(20)16(22-9)18(25)23-12-7-6-10(17(21)24)8-13(12)26-11-4-2-3-5-11/h6-8,11,22H,2-5H2,1H3,(H2,21,24)(H,23,25). The average Bonchev–Trinajstić information content (AvgIpc) is 3.20. The van der Waals surface area contributed by atoms with Gasteiger partial charge in [-0.3, -0.25) is 9.59 Å². The third-order valence-electron chi connectivity index (χ3n) is 4.39. The van der Waals surface area contributed by atoms with Crippen molar-refractivity contribution in [1.82, 2.24) is 4.98 Å². The number of hydrogen-bond acceptors (Lipinski definition) is 3. The Labute approximate surface area is 161 Å². The lowest BCUT2D eigenvalue weighted by Gasteiger charge is -2.17. The molecule has 1 aromatic heterocycles. The van der Waals surface area contributed by atoms with Crippen LogP contribution in [-0.4, -0.2) is 22.9 Å². The molecular weight excluding hydrogens is 377 g/mol. The van der Waals surface area contributed by atoms with Crippen molar-refractivity contribution < 1.29 is 14.3 Å². The van der Waals surface area contributed by atoms with E-state index in [1.807, 2.05) is 0 Å². The molecule has 0 saturated heterocycles. The number of hydrogen-bond donors (Lipinski definition) is 3. The topological polar surface area (TPSA) is 97.2 Å². The number of ether oxygens (including phenoxy) is 1. The Kier molecular flexibility index (Phi) is 5.44. The van der Waals surface area contributed by atoms with Crippen molar-refractivity contribution in [2.45, 2.75) is 38.7 Å². The van der Waals surface area contributed by atoms with Crippen LogP contribution in [0.4, 0.5) is 5.69 Å². The van der Waals surface area contributed by atoms with Gasteiger partial charge in [-0.1, -0.05) is 23.2 Å². The van der Waals surface area contributed by atoms with Crippen molar-refractivity contribution in [2.24, 2.45) is 5.73 Å². The van der Waals surface area contributed by atoms with Crippen molar-refractivity contribution in [1.29, 1.82) is 0 Å². The largest absolute Gasteiger partial charge is 0.488 e. The first-order chi connectivity index (χ1) is 12.4. The van der Waals surface area contributed by atoms with Crippen LogP contribution in [0.15, 0.2) is 18.2 Å². The Bertz CT molecular complexity index is 858. The van der Waals surface area contributed by atoms with Crippen molar-refractivity contribution in [2.75, 3.05) is 5.32 Å². The third-order valence-corrected chi connectivity index (χ3v) is 5.34. The lowest BCUT2D eigenvalue weighted by molar-refractivity contribution is 0.0997. The second-order valence-electron chi connectivity index (χ2n) is 6.31. The predicted molar refractivity (Wildman–Crippen MR) is 101 cm³/mol. The van der Waals surface area contributed by atoms with Gasteiger partial charge in [0.15, 0.2) is 0 Å². The molecule has 0 bridgehead atoms. The van der Waals surface area contributed by atoms with E-state index in [1.165, 1.54) is 6.07 Å². The summed E-state index contributed by atoms with van der Waals surface area (Å²) in [6, 6.07) is 4.67. The Morgan fingerprint density at radius 3 is 2.50 bits per heavy atom. The van der Waals surface area contributed by atoms with Gasteiger partial charge in [0.25, 0.3) is 5.91 Å². The molecular formula is C18H19Cl2N3O3. The highest BCUT2D eigenvalue weighted by Crippen LogP contribution is 2.33. The molecule has 2 aromatic rings. The van der Waals surface area contributed by atoms with Crippen molar-refractivity contribution in [3.63, 3.8) is 0 Å². The molecule has 8 heteroatoms. The fraction of sp³-hybridized carbons (Fsp3) is 0.333. The molecule has 1 heterocycles. The molecule has 2 amide bonds. The van der Waals surface area contributed by atoms with Gasteiger partial charge in [0.1, 0.15) is 11.4 Å². The Balaban J connectivity index is 1.88. The number of nitrogens with one attached hydrogen (secondary N) is 2. The normalized spacial score (nSPS) is 14.4. The van der Waals surface area contributed by atoms with Crippen LogP contribution in [0.25, 0.3) is 0 Å². The number of halogens is 2. The highest BCUT2D eigenvalue weighted by molar-refractivity contribution is 6.44. The zero-order chi connectivity index (χ0) is 18.8. The third kappa shape index (κ3) is 3.81. The van der Waals surface area contributed by atoms with E-state index in [9.17, 15) is 9.59 Å². The van der Waals surface area contributed by atoms with Crippen molar-refractivity contribution in [3.05, 3.63) is 45.2 Å². The summed E-state index contributed by atoms with van der Waals surface area (Å²) < 4.78 is 6.00. The van der Waals surface area contributed by atoms with Crippen LogP contribution in [0.1, 0.15) is 52.2 Å². The number of amides is 2.